The minimum absolute atomic E-state index is 0.240. The molecular weight excluding hydrogens is 693 g/mol. The van der Waals surface area contributed by atoms with Gasteiger partial charge in [0.25, 0.3) is 0 Å². The lowest BCUT2D eigenvalue weighted by atomic mass is 9.80. The van der Waals surface area contributed by atoms with Gasteiger partial charge in [-0.15, -0.1) is 0 Å². The number of carboxylic acids is 1. The Morgan fingerprint density at radius 2 is 0.857 bits per heavy atom. The molecule has 0 spiro atoms. The summed E-state index contributed by atoms with van der Waals surface area (Å²) in [4.78, 5) is 24.7. The number of phenolic OH excluding ortho intramolecular Hbond substituents is 1. The smallest absolute Gasteiger partial charge is 0.317 e. The van der Waals surface area contributed by atoms with Crippen LogP contribution in [0.4, 0.5) is 0 Å². The Kier molecular flexibility index (Phi) is 30.5. The van der Waals surface area contributed by atoms with Gasteiger partial charge in [0.15, 0.2) is 0 Å². The van der Waals surface area contributed by atoms with Gasteiger partial charge in [-0.25, -0.2) is 0 Å². The number of carbonyl (C=O) groups excluding carboxylic acids is 1. The summed E-state index contributed by atoms with van der Waals surface area (Å²) < 4.78 is 6.31. The van der Waals surface area contributed by atoms with Crippen LogP contribution in [0, 0.1) is 6.92 Å². The van der Waals surface area contributed by atoms with Crippen LogP contribution in [0.15, 0.2) is 12.1 Å². The number of phenols is 1. The molecule has 0 bridgehead atoms. The molecule has 1 atom stereocenters. The van der Waals surface area contributed by atoms with Crippen molar-refractivity contribution in [3.63, 3.8) is 0 Å². The molecule has 56 heavy (non-hydrogen) atoms. The summed E-state index contributed by atoms with van der Waals surface area (Å²) >= 11 is 0. The molecule has 2 N–H and O–H groups in total. The monoisotopic (exact) mass is 785 g/mol. The van der Waals surface area contributed by atoms with Crippen LogP contribution >= 0.6 is 0 Å². The van der Waals surface area contributed by atoms with Crippen molar-refractivity contribution < 1.29 is 24.5 Å². The number of aromatic hydroxyl groups is 1. The van der Waals surface area contributed by atoms with E-state index in [0.717, 1.165) is 55.2 Å². The SMILES string of the molecule is CCCCCCCCCCCCCCCCCCC(CCCCCCCCCCCCCCCCC)(Cc1cc(C)c(O)c(C(C)(C)C)c1)OC(=O)CC(=O)O. The summed E-state index contributed by atoms with van der Waals surface area (Å²) in [5.41, 5.74) is 1.78. The Hall–Kier alpha value is -2.04. The van der Waals surface area contributed by atoms with Crippen molar-refractivity contribution in [3.8, 4) is 5.75 Å². The maximum atomic E-state index is 13.1. The van der Waals surface area contributed by atoms with Crippen LogP contribution < -0.4 is 0 Å². The molecule has 326 valence electrons. The zero-order chi connectivity index (χ0) is 41.3. The molecule has 1 aromatic carbocycles. The van der Waals surface area contributed by atoms with Gasteiger partial charge in [0.1, 0.15) is 17.8 Å². The Balaban J connectivity index is 2.74. The van der Waals surface area contributed by atoms with Crippen molar-refractivity contribution in [3.05, 3.63) is 28.8 Å². The number of carboxylic acid groups (broad SMARTS) is 1. The van der Waals surface area contributed by atoms with Crippen molar-refractivity contribution >= 4 is 11.9 Å². The van der Waals surface area contributed by atoms with Crippen molar-refractivity contribution in [2.24, 2.45) is 0 Å². The van der Waals surface area contributed by atoms with E-state index in [1.54, 1.807) is 0 Å². The largest absolute Gasteiger partial charge is 0.507 e. The lowest BCUT2D eigenvalue weighted by molar-refractivity contribution is -0.165. The van der Waals surface area contributed by atoms with E-state index in [1.807, 2.05) is 13.0 Å². The molecule has 0 fully saturated rings. The molecule has 0 aliphatic carbocycles. The molecule has 0 aromatic heterocycles. The Labute approximate surface area is 347 Å². The van der Waals surface area contributed by atoms with Crippen LogP contribution in [0.1, 0.15) is 270 Å². The van der Waals surface area contributed by atoms with Gasteiger partial charge in [0.2, 0.25) is 0 Å². The number of unbranched alkanes of at least 4 members (excludes halogenated alkanes) is 29. The van der Waals surface area contributed by atoms with Gasteiger partial charge in [-0.3, -0.25) is 9.59 Å². The first kappa shape index (κ1) is 52.0. The number of hydrogen-bond donors (Lipinski definition) is 2. The second kappa shape index (κ2) is 32.9. The highest BCUT2D eigenvalue weighted by Crippen LogP contribution is 2.38. The second-order valence-electron chi connectivity index (χ2n) is 18.7. The fraction of sp³-hybridized carbons (Fsp3) is 0.843. The topological polar surface area (TPSA) is 83.8 Å². The molecular formula is C51H92O5. The van der Waals surface area contributed by atoms with E-state index in [1.165, 1.54) is 173 Å². The molecule has 5 nitrogen and oxygen atoms in total. The average molecular weight is 785 g/mol. The maximum Gasteiger partial charge on any atom is 0.317 e. The minimum Gasteiger partial charge on any atom is -0.507 e. The number of aliphatic carboxylic acids is 1. The van der Waals surface area contributed by atoms with Gasteiger partial charge in [-0.2, -0.15) is 0 Å². The van der Waals surface area contributed by atoms with Crippen LogP contribution in [0.3, 0.4) is 0 Å². The third kappa shape index (κ3) is 26.8. The number of hydrogen-bond acceptors (Lipinski definition) is 4. The summed E-state index contributed by atoms with van der Waals surface area (Å²) in [6.45, 7) is 12.8. The molecule has 0 saturated carbocycles. The van der Waals surface area contributed by atoms with E-state index >= 15 is 0 Å². The third-order valence-corrected chi connectivity index (χ3v) is 12.0. The van der Waals surface area contributed by atoms with E-state index in [4.69, 9.17) is 4.74 Å². The molecule has 0 heterocycles. The summed E-state index contributed by atoms with van der Waals surface area (Å²) in [5.74, 6) is -1.45. The Morgan fingerprint density at radius 1 is 0.536 bits per heavy atom. The predicted molar refractivity (Wildman–Crippen MR) is 240 cm³/mol. The molecule has 0 radical (unpaired) electrons. The second-order valence-corrected chi connectivity index (χ2v) is 18.7. The van der Waals surface area contributed by atoms with Crippen LogP contribution in [0.5, 0.6) is 5.75 Å². The Bertz CT molecular complexity index is 1120. The highest BCUT2D eigenvalue weighted by Gasteiger charge is 2.35. The highest BCUT2D eigenvalue weighted by atomic mass is 16.6. The first-order chi connectivity index (χ1) is 26.9. The van der Waals surface area contributed by atoms with Crippen molar-refractivity contribution in [2.75, 3.05) is 0 Å². The number of rotatable bonds is 38. The number of carbonyl (C=O) groups is 2. The standard InChI is InChI=1S/C51H92O5/c1-7-9-11-13-15-17-19-21-23-25-27-29-31-33-35-37-39-51(56-48(54)42-47(52)53,43-45-40-44(3)49(55)46(41-45)50(4,5)6)38-36-34-32-30-28-26-24-22-20-18-16-14-12-10-8-2/h40-41,55H,7-39,42-43H2,1-6H3,(H,52,53). The molecule has 5 heteroatoms. The fourth-order valence-electron chi connectivity index (χ4n) is 8.55. The molecule has 0 aliphatic rings. The minimum atomic E-state index is -1.14. The summed E-state index contributed by atoms with van der Waals surface area (Å²) in [5, 5.41) is 20.4. The summed E-state index contributed by atoms with van der Waals surface area (Å²) in [7, 11) is 0. The number of ether oxygens (including phenoxy) is 1. The van der Waals surface area contributed by atoms with Crippen molar-refractivity contribution in [1.82, 2.24) is 0 Å². The zero-order valence-electron chi connectivity index (χ0n) is 38.0. The van der Waals surface area contributed by atoms with Gasteiger partial charge < -0.3 is 14.9 Å². The van der Waals surface area contributed by atoms with E-state index < -0.39 is 24.0 Å². The van der Waals surface area contributed by atoms with Crippen LogP contribution in [-0.4, -0.2) is 27.8 Å². The summed E-state index contributed by atoms with van der Waals surface area (Å²) in [6.07, 6.45) is 41.8. The number of benzene rings is 1. The highest BCUT2D eigenvalue weighted by molar-refractivity contribution is 5.90. The maximum absolute atomic E-state index is 13.1. The zero-order valence-corrected chi connectivity index (χ0v) is 38.0. The number of esters is 1. The fourth-order valence-corrected chi connectivity index (χ4v) is 8.55. The normalized spacial score (nSPS) is 12.9. The van der Waals surface area contributed by atoms with E-state index in [-0.39, 0.29) is 5.41 Å². The molecule has 1 aromatic rings. The lowest BCUT2D eigenvalue weighted by Crippen LogP contribution is -2.38. The quantitative estimate of drug-likeness (QED) is 0.0396. The molecule has 1 unspecified atom stereocenters. The van der Waals surface area contributed by atoms with Crippen molar-refractivity contribution in [2.45, 2.75) is 277 Å². The van der Waals surface area contributed by atoms with Crippen molar-refractivity contribution in [1.29, 1.82) is 0 Å². The van der Waals surface area contributed by atoms with Gasteiger partial charge in [-0.05, 0) is 54.7 Å². The van der Waals surface area contributed by atoms with E-state index in [0.29, 0.717) is 12.2 Å². The van der Waals surface area contributed by atoms with Gasteiger partial charge >= 0.3 is 11.9 Å². The molecule has 0 aliphatic heterocycles. The lowest BCUT2D eigenvalue weighted by Gasteiger charge is -2.35. The van der Waals surface area contributed by atoms with E-state index in [9.17, 15) is 19.8 Å². The van der Waals surface area contributed by atoms with E-state index in [2.05, 4.69) is 40.7 Å². The predicted octanol–water partition coefficient (Wildman–Crippen LogP) is 16.2. The van der Waals surface area contributed by atoms with Gasteiger partial charge in [0, 0.05) is 6.42 Å². The summed E-state index contributed by atoms with van der Waals surface area (Å²) in [6, 6.07) is 4.12. The average Bonchev–Trinajstić information content (AvgIpc) is 3.13. The van der Waals surface area contributed by atoms with Crippen LogP contribution in [0.25, 0.3) is 0 Å². The van der Waals surface area contributed by atoms with Crippen LogP contribution in [-0.2, 0) is 26.2 Å². The molecule has 0 amide bonds. The number of aryl methyl sites for hydroxylation is 1. The molecule has 0 saturated heterocycles. The van der Waals surface area contributed by atoms with Crippen LogP contribution in [0.2, 0.25) is 0 Å². The first-order valence-corrected chi connectivity index (χ1v) is 24.2. The van der Waals surface area contributed by atoms with Gasteiger partial charge in [0.05, 0.1) is 0 Å². The molecule has 1 rings (SSSR count). The van der Waals surface area contributed by atoms with Gasteiger partial charge in [-0.1, -0.05) is 233 Å². The Morgan fingerprint density at radius 3 is 1.16 bits per heavy atom. The third-order valence-electron chi connectivity index (χ3n) is 12.0. The first-order valence-electron chi connectivity index (χ1n) is 24.2.